The smallest absolute Gasteiger partial charge is 0.0541 e. The molecule has 2 aromatic heterocycles. The quantitative estimate of drug-likeness (QED) is 0.284. The zero-order valence-corrected chi connectivity index (χ0v) is 18.0. The van der Waals surface area contributed by atoms with E-state index in [1.807, 2.05) is 0 Å². The summed E-state index contributed by atoms with van der Waals surface area (Å²) in [6.07, 6.45) is 13.8. The molecule has 0 unspecified atom stereocenters. The summed E-state index contributed by atoms with van der Waals surface area (Å²) >= 11 is 0. The van der Waals surface area contributed by atoms with Crippen LogP contribution in [0.25, 0.3) is 45.3 Å². The molecule has 3 aromatic carbocycles. The molecule has 0 fully saturated rings. The summed E-state index contributed by atoms with van der Waals surface area (Å²) in [4.78, 5) is 0. The Balaban J connectivity index is 1.50. The van der Waals surface area contributed by atoms with E-state index in [1.165, 1.54) is 55.7 Å². The highest BCUT2D eigenvalue weighted by Gasteiger charge is 2.23. The van der Waals surface area contributed by atoms with E-state index in [-0.39, 0.29) is 0 Å². The minimum atomic E-state index is 1.10. The lowest BCUT2D eigenvalue weighted by atomic mass is 9.96. The maximum absolute atomic E-state index is 2.52. The molecule has 0 saturated carbocycles. The Morgan fingerprint density at radius 1 is 0.594 bits per heavy atom. The minimum Gasteiger partial charge on any atom is -0.313 e. The first-order valence-corrected chi connectivity index (χ1v) is 11.6. The van der Waals surface area contributed by atoms with E-state index in [4.69, 9.17) is 0 Å². The molecule has 2 nitrogen and oxygen atoms in total. The number of rotatable bonds is 2. The zero-order chi connectivity index (χ0) is 21.1. The van der Waals surface area contributed by atoms with Crippen molar-refractivity contribution in [2.24, 2.45) is 0 Å². The number of hydrogen-bond acceptors (Lipinski definition) is 0. The maximum atomic E-state index is 2.52. The van der Waals surface area contributed by atoms with Gasteiger partial charge in [-0.25, -0.2) is 0 Å². The topological polar surface area (TPSA) is 9.86 Å². The SMILES string of the molecule is C1=Cc2c(c3c(n2-c2cccc(-n4c5ccccc5c5ccccc54)c2)CCC=C3)CC1. The average molecular weight is 413 g/mol. The second-order valence-electron chi connectivity index (χ2n) is 8.83. The van der Waals surface area contributed by atoms with Gasteiger partial charge < -0.3 is 9.13 Å². The summed E-state index contributed by atoms with van der Waals surface area (Å²) < 4.78 is 4.92. The molecular formula is C30H24N2. The van der Waals surface area contributed by atoms with Crippen molar-refractivity contribution in [1.82, 2.24) is 9.13 Å². The molecule has 32 heavy (non-hydrogen) atoms. The van der Waals surface area contributed by atoms with Gasteiger partial charge in [0.1, 0.15) is 0 Å². The van der Waals surface area contributed by atoms with Crippen LogP contribution in [0.15, 0.2) is 84.9 Å². The van der Waals surface area contributed by atoms with Gasteiger partial charge in [0.25, 0.3) is 0 Å². The van der Waals surface area contributed by atoms with Crippen molar-refractivity contribution in [2.45, 2.75) is 25.7 Å². The third-order valence-electron chi connectivity index (χ3n) is 7.05. The van der Waals surface area contributed by atoms with Crippen LogP contribution in [0.1, 0.15) is 35.4 Å². The van der Waals surface area contributed by atoms with Gasteiger partial charge in [-0.2, -0.15) is 0 Å². The first-order valence-electron chi connectivity index (χ1n) is 11.6. The maximum Gasteiger partial charge on any atom is 0.0541 e. The van der Waals surface area contributed by atoms with Gasteiger partial charge in [0.05, 0.1) is 11.0 Å². The van der Waals surface area contributed by atoms with Crippen LogP contribution in [-0.2, 0) is 12.8 Å². The standard InChI is InChI=1S/C30H24N2/c1-5-16-27-23(12-1)24-13-2-6-17-28(24)31(27)21-10-9-11-22(20-21)32-29-18-7-3-14-25(29)26-15-4-8-19-30(26)32/h1-3,5-6,8-14,16-17,19-20H,4,7,15,18H2. The highest BCUT2D eigenvalue weighted by atomic mass is 15.0. The molecule has 0 saturated heterocycles. The van der Waals surface area contributed by atoms with Crippen molar-refractivity contribution < 1.29 is 0 Å². The Kier molecular flexibility index (Phi) is 3.83. The number of nitrogens with zero attached hydrogens (tertiary/aromatic N) is 2. The fourth-order valence-electron chi connectivity index (χ4n) is 5.70. The fraction of sp³-hybridized carbons (Fsp3) is 0.133. The van der Waals surface area contributed by atoms with Crippen molar-refractivity contribution in [3.63, 3.8) is 0 Å². The Labute approximate surface area is 187 Å². The molecule has 2 heterocycles. The average Bonchev–Trinajstić information content (AvgIpc) is 3.37. The first-order chi connectivity index (χ1) is 15.9. The number of hydrogen-bond donors (Lipinski definition) is 0. The molecule has 2 heteroatoms. The molecule has 0 atom stereocenters. The Bertz CT molecular complexity index is 1520. The Morgan fingerprint density at radius 2 is 1.25 bits per heavy atom. The highest BCUT2D eigenvalue weighted by molar-refractivity contribution is 6.09. The van der Waals surface area contributed by atoms with Gasteiger partial charge in [-0.3, -0.25) is 0 Å². The predicted molar refractivity (Wildman–Crippen MR) is 135 cm³/mol. The van der Waals surface area contributed by atoms with E-state index < -0.39 is 0 Å². The zero-order valence-electron chi connectivity index (χ0n) is 18.0. The van der Waals surface area contributed by atoms with Crippen molar-refractivity contribution in [3.8, 4) is 11.4 Å². The molecule has 0 aliphatic heterocycles. The van der Waals surface area contributed by atoms with E-state index in [0.717, 1.165) is 25.7 Å². The van der Waals surface area contributed by atoms with Gasteiger partial charge in [-0.05, 0) is 73.2 Å². The van der Waals surface area contributed by atoms with Crippen LogP contribution < -0.4 is 0 Å². The summed E-state index contributed by atoms with van der Waals surface area (Å²) in [5, 5.41) is 2.61. The van der Waals surface area contributed by atoms with Gasteiger partial charge in [0.15, 0.2) is 0 Å². The number of aromatic nitrogens is 2. The van der Waals surface area contributed by atoms with Crippen LogP contribution in [0.3, 0.4) is 0 Å². The number of para-hydroxylation sites is 2. The van der Waals surface area contributed by atoms with Crippen LogP contribution in [0.5, 0.6) is 0 Å². The van der Waals surface area contributed by atoms with Crippen LogP contribution >= 0.6 is 0 Å². The van der Waals surface area contributed by atoms with E-state index in [0.29, 0.717) is 0 Å². The van der Waals surface area contributed by atoms with Crippen LogP contribution in [0, 0.1) is 0 Å². The molecule has 154 valence electrons. The van der Waals surface area contributed by atoms with Gasteiger partial charge >= 0.3 is 0 Å². The number of benzene rings is 3. The molecule has 2 aliphatic rings. The van der Waals surface area contributed by atoms with E-state index in [9.17, 15) is 0 Å². The molecule has 0 N–H and O–H groups in total. The fourth-order valence-corrected chi connectivity index (χ4v) is 5.70. The second kappa shape index (κ2) is 6.86. The predicted octanol–water partition coefficient (Wildman–Crippen LogP) is 7.49. The number of fused-ring (bicyclic) bond motifs is 6. The third kappa shape index (κ3) is 2.47. The van der Waals surface area contributed by atoms with Crippen molar-refractivity contribution in [2.75, 3.05) is 0 Å². The third-order valence-corrected chi connectivity index (χ3v) is 7.05. The Morgan fingerprint density at radius 3 is 2.03 bits per heavy atom. The van der Waals surface area contributed by atoms with Crippen molar-refractivity contribution in [1.29, 1.82) is 0 Å². The van der Waals surface area contributed by atoms with E-state index in [2.05, 4.69) is 106 Å². The Hall–Kier alpha value is -3.78. The van der Waals surface area contributed by atoms with Gasteiger partial charge in [-0.15, -0.1) is 0 Å². The summed E-state index contributed by atoms with van der Waals surface area (Å²) in [5.41, 5.74) is 10.8. The van der Waals surface area contributed by atoms with Crippen molar-refractivity contribution in [3.05, 3.63) is 107 Å². The van der Waals surface area contributed by atoms with Crippen molar-refractivity contribution >= 4 is 34.0 Å². The molecular weight excluding hydrogens is 388 g/mol. The van der Waals surface area contributed by atoms with Crippen LogP contribution in [0.2, 0.25) is 0 Å². The molecule has 5 aromatic rings. The normalized spacial score (nSPS) is 14.8. The lowest BCUT2D eigenvalue weighted by Gasteiger charge is -2.16. The molecule has 0 bridgehead atoms. The molecule has 0 spiro atoms. The molecule has 0 amide bonds. The lowest BCUT2D eigenvalue weighted by molar-refractivity contribution is 0.867. The second-order valence-corrected chi connectivity index (χ2v) is 8.83. The minimum absolute atomic E-state index is 1.10. The van der Waals surface area contributed by atoms with Gasteiger partial charge in [0.2, 0.25) is 0 Å². The van der Waals surface area contributed by atoms with Crippen LogP contribution in [0.4, 0.5) is 0 Å². The van der Waals surface area contributed by atoms with Crippen LogP contribution in [-0.4, -0.2) is 9.13 Å². The summed E-state index contributed by atoms with van der Waals surface area (Å²) in [5.74, 6) is 0. The largest absolute Gasteiger partial charge is 0.313 e. The lowest BCUT2D eigenvalue weighted by Crippen LogP contribution is -2.06. The highest BCUT2D eigenvalue weighted by Crippen LogP contribution is 2.37. The first kappa shape index (κ1) is 17.9. The summed E-state index contributed by atoms with van der Waals surface area (Å²) in [6, 6.07) is 26.5. The van der Waals surface area contributed by atoms with Gasteiger partial charge in [0, 0.05) is 33.5 Å². The number of allylic oxidation sites excluding steroid dienone is 2. The monoisotopic (exact) mass is 412 g/mol. The van der Waals surface area contributed by atoms with E-state index >= 15 is 0 Å². The molecule has 0 radical (unpaired) electrons. The summed E-state index contributed by atoms with van der Waals surface area (Å²) in [7, 11) is 0. The molecule has 7 rings (SSSR count). The van der Waals surface area contributed by atoms with Gasteiger partial charge in [-0.1, -0.05) is 60.7 Å². The van der Waals surface area contributed by atoms with E-state index in [1.54, 1.807) is 0 Å². The summed E-state index contributed by atoms with van der Waals surface area (Å²) in [6.45, 7) is 0. The molecule has 2 aliphatic carbocycles.